The highest BCUT2D eigenvalue weighted by Gasteiger charge is 2.15. The molecule has 0 atom stereocenters. The molecule has 0 fully saturated rings. The van der Waals surface area contributed by atoms with E-state index < -0.39 is 5.97 Å². The van der Waals surface area contributed by atoms with Gasteiger partial charge in [-0.05, 0) is 43.5 Å². The van der Waals surface area contributed by atoms with Crippen molar-refractivity contribution < 1.29 is 9.90 Å². The van der Waals surface area contributed by atoms with E-state index in [9.17, 15) is 9.90 Å². The van der Waals surface area contributed by atoms with E-state index in [4.69, 9.17) is 0 Å². The van der Waals surface area contributed by atoms with Crippen LogP contribution in [0.2, 0.25) is 0 Å². The number of rotatable bonds is 4. The molecule has 0 amide bonds. The minimum Gasteiger partial charge on any atom is -0.478 e. The minimum absolute atomic E-state index is 0.283. The number of aromatic carboxylic acids is 1. The molecule has 0 bridgehead atoms. The van der Waals surface area contributed by atoms with Gasteiger partial charge < -0.3 is 5.11 Å². The Balaban J connectivity index is 2.66. The summed E-state index contributed by atoms with van der Waals surface area (Å²) in [6.07, 6.45) is 1.66. The molecule has 19 heavy (non-hydrogen) atoms. The maximum atomic E-state index is 11.3. The van der Waals surface area contributed by atoms with Gasteiger partial charge in [0.15, 0.2) is 0 Å². The lowest BCUT2D eigenvalue weighted by Crippen LogP contribution is -2.09. The average molecular weight is 258 g/mol. The summed E-state index contributed by atoms with van der Waals surface area (Å²) in [4.78, 5) is 11.3. The van der Waals surface area contributed by atoms with E-state index in [0.29, 0.717) is 5.69 Å². The third-order valence-electron chi connectivity index (χ3n) is 3.17. The summed E-state index contributed by atoms with van der Waals surface area (Å²) in [7, 11) is 0. The number of carbonyl (C=O) groups is 1. The van der Waals surface area contributed by atoms with Gasteiger partial charge in [0.1, 0.15) is 0 Å². The number of carboxylic acid groups (broad SMARTS) is 1. The van der Waals surface area contributed by atoms with E-state index in [1.165, 1.54) is 0 Å². The van der Waals surface area contributed by atoms with E-state index in [-0.39, 0.29) is 5.56 Å². The van der Waals surface area contributed by atoms with Gasteiger partial charge in [0.05, 0.1) is 16.9 Å². The molecule has 0 unspecified atom stereocenters. The Morgan fingerprint density at radius 2 is 2.00 bits per heavy atom. The quantitative estimate of drug-likeness (QED) is 0.917. The number of hydrogen-bond acceptors (Lipinski definition) is 2. The summed E-state index contributed by atoms with van der Waals surface area (Å²) in [5, 5.41) is 13.8. The van der Waals surface area contributed by atoms with Crippen LogP contribution in [0.4, 0.5) is 0 Å². The van der Waals surface area contributed by atoms with Crippen molar-refractivity contribution >= 4 is 5.97 Å². The molecule has 0 saturated heterocycles. The zero-order valence-electron chi connectivity index (χ0n) is 11.5. The van der Waals surface area contributed by atoms with Crippen molar-refractivity contribution in [1.29, 1.82) is 0 Å². The predicted octanol–water partition coefficient (Wildman–Crippen LogP) is 3.00. The van der Waals surface area contributed by atoms with E-state index in [2.05, 4.69) is 5.10 Å². The summed E-state index contributed by atoms with van der Waals surface area (Å²) >= 11 is 0. The summed E-state index contributed by atoms with van der Waals surface area (Å²) in [5.74, 6) is -0.925. The molecule has 0 aliphatic rings. The third-order valence-corrected chi connectivity index (χ3v) is 3.17. The first-order chi connectivity index (χ1) is 9.06. The molecule has 0 aliphatic carbocycles. The van der Waals surface area contributed by atoms with Crippen molar-refractivity contribution in [2.45, 2.75) is 33.6 Å². The lowest BCUT2D eigenvalue weighted by atomic mass is 10.1. The zero-order chi connectivity index (χ0) is 14.0. The van der Waals surface area contributed by atoms with Crippen LogP contribution >= 0.6 is 0 Å². The van der Waals surface area contributed by atoms with E-state index in [0.717, 1.165) is 29.8 Å². The number of benzene rings is 1. The van der Waals surface area contributed by atoms with Crippen molar-refractivity contribution in [3.63, 3.8) is 0 Å². The normalized spacial score (nSPS) is 10.7. The first-order valence-electron chi connectivity index (χ1n) is 6.49. The largest absolute Gasteiger partial charge is 0.478 e. The second kappa shape index (κ2) is 5.26. The van der Waals surface area contributed by atoms with Crippen LogP contribution in [-0.4, -0.2) is 20.9 Å². The van der Waals surface area contributed by atoms with Gasteiger partial charge in [-0.15, -0.1) is 0 Å². The van der Waals surface area contributed by atoms with Crippen molar-refractivity contribution in [3.8, 4) is 5.69 Å². The van der Waals surface area contributed by atoms with Crippen LogP contribution in [0.15, 0.2) is 24.3 Å². The van der Waals surface area contributed by atoms with Crippen LogP contribution in [0, 0.1) is 6.92 Å². The minimum atomic E-state index is -0.925. The van der Waals surface area contributed by atoms with Crippen LogP contribution in [0.1, 0.15) is 41.2 Å². The van der Waals surface area contributed by atoms with Crippen LogP contribution in [-0.2, 0) is 12.8 Å². The van der Waals surface area contributed by atoms with Crippen molar-refractivity contribution in [3.05, 3.63) is 46.8 Å². The Kier molecular flexibility index (Phi) is 3.69. The summed E-state index contributed by atoms with van der Waals surface area (Å²) in [6.45, 7) is 6.04. The van der Waals surface area contributed by atoms with Gasteiger partial charge in [-0.2, -0.15) is 5.10 Å². The van der Waals surface area contributed by atoms with Gasteiger partial charge in [0, 0.05) is 5.69 Å². The predicted molar refractivity (Wildman–Crippen MR) is 74.0 cm³/mol. The van der Waals surface area contributed by atoms with Crippen molar-refractivity contribution in [1.82, 2.24) is 9.78 Å². The lowest BCUT2D eigenvalue weighted by Gasteiger charge is -2.10. The molecule has 1 N–H and O–H groups in total. The fourth-order valence-electron chi connectivity index (χ4n) is 2.11. The molecule has 4 heteroatoms. The average Bonchev–Trinajstić information content (AvgIpc) is 2.81. The van der Waals surface area contributed by atoms with E-state index in [1.807, 2.05) is 39.0 Å². The van der Waals surface area contributed by atoms with Crippen LogP contribution < -0.4 is 0 Å². The Bertz CT molecular complexity index is 615. The molecule has 0 saturated carbocycles. The Hall–Kier alpha value is -2.10. The molecule has 100 valence electrons. The monoisotopic (exact) mass is 258 g/mol. The van der Waals surface area contributed by atoms with Gasteiger partial charge in [0.2, 0.25) is 0 Å². The highest BCUT2D eigenvalue weighted by atomic mass is 16.4. The maximum absolute atomic E-state index is 11.3. The number of hydrogen-bond donors (Lipinski definition) is 1. The number of aryl methyl sites for hydroxylation is 3. The van der Waals surface area contributed by atoms with Gasteiger partial charge >= 0.3 is 5.97 Å². The highest BCUT2D eigenvalue weighted by Crippen LogP contribution is 2.20. The smallest absolute Gasteiger partial charge is 0.337 e. The zero-order valence-corrected chi connectivity index (χ0v) is 11.5. The Morgan fingerprint density at radius 3 is 2.58 bits per heavy atom. The van der Waals surface area contributed by atoms with Crippen molar-refractivity contribution in [2.24, 2.45) is 0 Å². The summed E-state index contributed by atoms with van der Waals surface area (Å²) in [6, 6.07) is 7.35. The van der Waals surface area contributed by atoms with Crippen LogP contribution in [0.3, 0.4) is 0 Å². The molecule has 1 aromatic heterocycles. The van der Waals surface area contributed by atoms with Crippen LogP contribution in [0.25, 0.3) is 5.69 Å². The molecule has 1 aromatic carbocycles. The van der Waals surface area contributed by atoms with Gasteiger partial charge in [0.25, 0.3) is 0 Å². The molecule has 2 aromatic rings. The summed E-state index contributed by atoms with van der Waals surface area (Å²) < 4.78 is 1.76. The van der Waals surface area contributed by atoms with Gasteiger partial charge in [-0.3, -0.25) is 0 Å². The first-order valence-corrected chi connectivity index (χ1v) is 6.49. The SMILES string of the molecule is CCc1cc(CC)n(-c2cc(C)ccc2C(=O)O)n1. The lowest BCUT2D eigenvalue weighted by molar-refractivity contribution is 0.0696. The second-order valence-electron chi connectivity index (χ2n) is 4.57. The molecule has 0 spiro atoms. The van der Waals surface area contributed by atoms with E-state index in [1.54, 1.807) is 10.7 Å². The standard InChI is InChI=1S/C15H18N2O2/c1-4-11-9-12(5-2)17(16-11)14-8-10(3)6-7-13(14)15(18)19/h6-9H,4-5H2,1-3H3,(H,18,19). The molecule has 1 heterocycles. The molecule has 4 nitrogen and oxygen atoms in total. The molecular weight excluding hydrogens is 240 g/mol. The maximum Gasteiger partial charge on any atom is 0.337 e. The molecule has 2 rings (SSSR count). The Morgan fingerprint density at radius 1 is 1.26 bits per heavy atom. The molecule has 0 aliphatic heterocycles. The third kappa shape index (κ3) is 2.52. The fourth-order valence-corrected chi connectivity index (χ4v) is 2.11. The van der Waals surface area contributed by atoms with Gasteiger partial charge in [-0.25, -0.2) is 9.48 Å². The molecular formula is C15H18N2O2. The Labute approximate surface area is 112 Å². The van der Waals surface area contributed by atoms with Crippen LogP contribution in [0.5, 0.6) is 0 Å². The summed E-state index contributed by atoms with van der Waals surface area (Å²) in [5.41, 5.74) is 3.96. The van der Waals surface area contributed by atoms with Crippen molar-refractivity contribution in [2.75, 3.05) is 0 Å². The number of carboxylic acids is 1. The highest BCUT2D eigenvalue weighted by molar-refractivity contribution is 5.92. The first kappa shape index (κ1) is 13.3. The second-order valence-corrected chi connectivity index (χ2v) is 4.57. The molecule has 0 radical (unpaired) electrons. The number of nitrogens with zero attached hydrogens (tertiary/aromatic N) is 2. The number of aromatic nitrogens is 2. The fraction of sp³-hybridized carbons (Fsp3) is 0.333. The topological polar surface area (TPSA) is 55.1 Å². The van der Waals surface area contributed by atoms with Gasteiger partial charge in [-0.1, -0.05) is 19.9 Å². The van der Waals surface area contributed by atoms with E-state index >= 15 is 0 Å².